The van der Waals surface area contributed by atoms with E-state index in [1.807, 2.05) is 0 Å². The minimum atomic E-state index is -0.318. The fraction of sp³-hybridized carbons (Fsp3) is 0.250. The molecule has 0 bridgehead atoms. The van der Waals surface area contributed by atoms with Crippen LogP contribution < -0.4 is 15.5 Å². The summed E-state index contributed by atoms with van der Waals surface area (Å²) >= 11 is 0. The summed E-state index contributed by atoms with van der Waals surface area (Å²) in [6, 6.07) is 11.0. The maximum absolute atomic E-state index is 13.1. The Kier molecular flexibility index (Phi) is 3.64. The van der Waals surface area contributed by atoms with Crippen molar-refractivity contribution in [2.75, 3.05) is 41.7 Å². The summed E-state index contributed by atoms with van der Waals surface area (Å²) in [6.45, 7) is 3.24. The Balaban J connectivity index is 1.68. The van der Waals surface area contributed by atoms with Gasteiger partial charge in [-0.3, -0.25) is 0 Å². The molecular formula is C16H17F2N3. The number of hydrogen-bond acceptors (Lipinski definition) is 3. The highest BCUT2D eigenvalue weighted by Gasteiger charge is 2.19. The third kappa shape index (κ3) is 2.91. The van der Waals surface area contributed by atoms with Crippen molar-refractivity contribution in [1.29, 1.82) is 0 Å². The van der Waals surface area contributed by atoms with Gasteiger partial charge in [-0.2, -0.15) is 0 Å². The van der Waals surface area contributed by atoms with Crippen LogP contribution in [-0.2, 0) is 0 Å². The molecule has 0 aliphatic carbocycles. The molecule has 5 heteroatoms. The molecular weight excluding hydrogens is 272 g/mol. The van der Waals surface area contributed by atoms with Gasteiger partial charge in [-0.05, 0) is 42.5 Å². The summed E-state index contributed by atoms with van der Waals surface area (Å²) in [7, 11) is 0. The highest BCUT2D eigenvalue weighted by Crippen LogP contribution is 2.26. The van der Waals surface area contributed by atoms with Crippen LogP contribution in [0.4, 0.5) is 25.8 Å². The van der Waals surface area contributed by atoms with Crippen LogP contribution in [0, 0.1) is 11.6 Å². The Morgan fingerprint density at radius 1 is 0.762 bits per heavy atom. The van der Waals surface area contributed by atoms with Gasteiger partial charge >= 0.3 is 0 Å². The molecule has 1 heterocycles. The lowest BCUT2D eigenvalue weighted by Crippen LogP contribution is -2.46. The second-order valence-corrected chi connectivity index (χ2v) is 5.15. The monoisotopic (exact) mass is 289 g/mol. The molecule has 1 aliphatic rings. The van der Waals surface area contributed by atoms with Gasteiger partial charge in [0.05, 0.1) is 11.4 Å². The van der Waals surface area contributed by atoms with Gasteiger partial charge in [0.1, 0.15) is 11.6 Å². The van der Waals surface area contributed by atoms with Gasteiger partial charge in [0.25, 0.3) is 0 Å². The van der Waals surface area contributed by atoms with Crippen LogP contribution in [0.1, 0.15) is 0 Å². The third-order valence-electron chi connectivity index (χ3n) is 3.80. The van der Waals surface area contributed by atoms with E-state index in [1.54, 1.807) is 18.2 Å². The first-order valence-electron chi connectivity index (χ1n) is 6.94. The van der Waals surface area contributed by atoms with Gasteiger partial charge in [-0.1, -0.05) is 0 Å². The predicted octanol–water partition coefficient (Wildman–Crippen LogP) is 2.87. The molecule has 0 spiro atoms. The smallest absolute Gasteiger partial charge is 0.125 e. The number of anilines is 3. The molecule has 1 fully saturated rings. The van der Waals surface area contributed by atoms with Crippen molar-refractivity contribution in [2.24, 2.45) is 0 Å². The molecule has 0 saturated carbocycles. The van der Waals surface area contributed by atoms with Crippen LogP contribution in [0.3, 0.4) is 0 Å². The molecule has 0 aromatic heterocycles. The average molecular weight is 289 g/mol. The summed E-state index contributed by atoms with van der Waals surface area (Å²) in [5.41, 5.74) is 8.23. The Morgan fingerprint density at radius 3 is 1.95 bits per heavy atom. The van der Waals surface area contributed by atoms with Crippen LogP contribution in [0.2, 0.25) is 0 Å². The number of benzene rings is 2. The summed E-state index contributed by atoms with van der Waals surface area (Å²) < 4.78 is 26.0. The van der Waals surface area contributed by atoms with Crippen molar-refractivity contribution in [1.82, 2.24) is 0 Å². The minimum absolute atomic E-state index is 0.225. The zero-order valence-electron chi connectivity index (χ0n) is 11.6. The van der Waals surface area contributed by atoms with Crippen LogP contribution in [0.15, 0.2) is 42.5 Å². The highest BCUT2D eigenvalue weighted by molar-refractivity contribution is 5.68. The van der Waals surface area contributed by atoms with E-state index in [-0.39, 0.29) is 11.6 Å². The molecule has 0 atom stereocenters. The van der Waals surface area contributed by atoms with Crippen LogP contribution >= 0.6 is 0 Å². The van der Waals surface area contributed by atoms with Crippen molar-refractivity contribution in [3.05, 3.63) is 54.1 Å². The van der Waals surface area contributed by atoms with Gasteiger partial charge < -0.3 is 15.5 Å². The second kappa shape index (κ2) is 5.60. The molecule has 1 aliphatic heterocycles. The fourth-order valence-corrected chi connectivity index (χ4v) is 2.67. The third-order valence-corrected chi connectivity index (χ3v) is 3.80. The van der Waals surface area contributed by atoms with Crippen molar-refractivity contribution in [3.8, 4) is 0 Å². The van der Waals surface area contributed by atoms with E-state index < -0.39 is 0 Å². The summed E-state index contributed by atoms with van der Waals surface area (Å²) in [5.74, 6) is -0.544. The van der Waals surface area contributed by atoms with E-state index in [2.05, 4.69) is 9.80 Å². The maximum atomic E-state index is 13.1. The lowest BCUT2D eigenvalue weighted by atomic mass is 10.2. The van der Waals surface area contributed by atoms with Gasteiger partial charge in [0, 0.05) is 31.9 Å². The standard InChI is InChI=1S/C16H17F2N3/c17-12-1-4-14(5-2-12)20-7-9-21(10-8-20)16-6-3-13(18)11-15(16)19/h1-6,11H,7-10,19H2. The number of halogens is 2. The maximum Gasteiger partial charge on any atom is 0.125 e. The number of rotatable bonds is 2. The zero-order chi connectivity index (χ0) is 14.8. The second-order valence-electron chi connectivity index (χ2n) is 5.15. The molecule has 2 aromatic rings. The molecule has 2 N–H and O–H groups in total. The van der Waals surface area contributed by atoms with Gasteiger partial charge in [0.15, 0.2) is 0 Å². The number of nitrogens with zero attached hydrogens (tertiary/aromatic N) is 2. The number of piperazine rings is 1. The molecule has 2 aromatic carbocycles. The first-order chi connectivity index (χ1) is 10.1. The van der Waals surface area contributed by atoms with Crippen molar-refractivity contribution < 1.29 is 8.78 Å². The minimum Gasteiger partial charge on any atom is -0.397 e. The highest BCUT2D eigenvalue weighted by atomic mass is 19.1. The predicted molar refractivity (Wildman–Crippen MR) is 81.6 cm³/mol. The largest absolute Gasteiger partial charge is 0.397 e. The Morgan fingerprint density at radius 2 is 1.33 bits per heavy atom. The molecule has 0 amide bonds. The topological polar surface area (TPSA) is 32.5 Å². The summed E-state index contributed by atoms with van der Waals surface area (Å²) in [5, 5.41) is 0. The van der Waals surface area contributed by atoms with Crippen molar-refractivity contribution in [3.63, 3.8) is 0 Å². The van der Waals surface area contributed by atoms with E-state index >= 15 is 0 Å². The average Bonchev–Trinajstić information content (AvgIpc) is 2.48. The summed E-state index contributed by atoms with van der Waals surface area (Å²) in [6.07, 6.45) is 0. The molecule has 1 saturated heterocycles. The molecule has 3 nitrogen and oxygen atoms in total. The fourth-order valence-electron chi connectivity index (χ4n) is 2.67. The lowest BCUT2D eigenvalue weighted by molar-refractivity contribution is 0.622. The van der Waals surface area contributed by atoms with Crippen LogP contribution in [0.25, 0.3) is 0 Å². The molecule has 0 radical (unpaired) electrons. The first-order valence-corrected chi connectivity index (χ1v) is 6.94. The Bertz CT molecular complexity index is 620. The Hall–Kier alpha value is -2.30. The SMILES string of the molecule is Nc1cc(F)ccc1N1CCN(c2ccc(F)cc2)CC1. The number of nitrogens with two attached hydrogens (primary N) is 1. The lowest BCUT2D eigenvalue weighted by Gasteiger charge is -2.37. The van der Waals surface area contributed by atoms with E-state index in [9.17, 15) is 8.78 Å². The summed E-state index contributed by atoms with van der Waals surface area (Å²) in [4.78, 5) is 4.35. The van der Waals surface area contributed by atoms with E-state index in [0.717, 1.165) is 37.6 Å². The number of hydrogen-bond donors (Lipinski definition) is 1. The van der Waals surface area contributed by atoms with Gasteiger partial charge in [-0.25, -0.2) is 8.78 Å². The van der Waals surface area contributed by atoms with Crippen molar-refractivity contribution in [2.45, 2.75) is 0 Å². The molecule has 21 heavy (non-hydrogen) atoms. The van der Waals surface area contributed by atoms with E-state index in [1.165, 1.54) is 24.3 Å². The number of nitrogen functional groups attached to an aromatic ring is 1. The normalized spacial score (nSPS) is 15.3. The molecule has 3 rings (SSSR count). The first kappa shape index (κ1) is 13.7. The van der Waals surface area contributed by atoms with Gasteiger partial charge in [0.2, 0.25) is 0 Å². The molecule has 0 unspecified atom stereocenters. The van der Waals surface area contributed by atoms with Gasteiger partial charge in [-0.15, -0.1) is 0 Å². The van der Waals surface area contributed by atoms with Crippen LogP contribution in [0.5, 0.6) is 0 Å². The molecule has 110 valence electrons. The quantitative estimate of drug-likeness (QED) is 0.863. The Labute approximate surface area is 122 Å². The van der Waals surface area contributed by atoms with Crippen molar-refractivity contribution >= 4 is 17.1 Å². The van der Waals surface area contributed by atoms with E-state index in [4.69, 9.17) is 5.73 Å². The van der Waals surface area contributed by atoms with E-state index in [0.29, 0.717) is 5.69 Å². The van der Waals surface area contributed by atoms with Crippen LogP contribution in [-0.4, -0.2) is 26.2 Å². The zero-order valence-corrected chi connectivity index (χ0v) is 11.6.